The van der Waals surface area contributed by atoms with Gasteiger partial charge in [-0.3, -0.25) is 0 Å². The van der Waals surface area contributed by atoms with Gasteiger partial charge in [0.1, 0.15) is 0 Å². The first-order chi connectivity index (χ1) is 6.54. The molecular formula is C9H9B2NO2. The van der Waals surface area contributed by atoms with Gasteiger partial charge in [-0.25, -0.2) is 0 Å². The molecule has 5 heteroatoms. The number of nitrogens with two attached hydrogens (primary N) is 1. The third-order valence-electron chi connectivity index (χ3n) is 1.95. The van der Waals surface area contributed by atoms with Gasteiger partial charge in [0.15, 0.2) is 11.5 Å². The zero-order chi connectivity index (χ0) is 10.2. The Kier molecular flexibility index (Phi) is 2.19. The lowest BCUT2D eigenvalue weighted by Crippen LogP contribution is -2.43. The lowest BCUT2D eigenvalue weighted by atomic mass is 9.60. The first kappa shape index (κ1) is 9.46. The molecule has 68 valence electrons. The molecule has 0 saturated heterocycles. The van der Waals surface area contributed by atoms with E-state index in [4.69, 9.17) is 30.9 Å². The normalized spacial score (nSPS) is 14.4. The third kappa shape index (κ3) is 2.04. The van der Waals surface area contributed by atoms with Crippen molar-refractivity contribution in [1.29, 1.82) is 0 Å². The van der Waals surface area contributed by atoms with Crippen LogP contribution in [0.3, 0.4) is 0 Å². The summed E-state index contributed by atoms with van der Waals surface area (Å²) in [6, 6.07) is 5.53. The molecule has 14 heavy (non-hydrogen) atoms. The summed E-state index contributed by atoms with van der Waals surface area (Å²) in [5, 5.41) is -1.19. The summed E-state index contributed by atoms with van der Waals surface area (Å²) >= 11 is 0. The first-order valence-electron chi connectivity index (χ1n) is 4.30. The first-order valence-corrected chi connectivity index (χ1v) is 4.30. The summed E-state index contributed by atoms with van der Waals surface area (Å²) in [6.07, 6.45) is 0.392. The van der Waals surface area contributed by atoms with Crippen molar-refractivity contribution in [1.82, 2.24) is 0 Å². The Morgan fingerprint density at radius 3 is 2.71 bits per heavy atom. The minimum absolute atomic E-state index is 0.262. The van der Waals surface area contributed by atoms with Crippen molar-refractivity contribution in [3.8, 4) is 11.5 Å². The molecule has 2 N–H and O–H groups in total. The van der Waals surface area contributed by atoms with Crippen LogP contribution in [0.4, 0.5) is 0 Å². The van der Waals surface area contributed by atoms with Gasteiger partial charge < -0.3 is 15.2 Å². The molecule has 2 rings (SSSR count). The molecule has 3 nitrogen and oxygen atoms in total. The topological polar surface area (TPSA) is 44.5 Å². The Morgan fingerprint density at radius 1 is 1.29 bits per heavy atom. The predicted octanol–water partition coefficient (Wildman–Crippen LogP) is -0.0927. The van der Waals surface area contributed by atoms with Crippen molar-refractivity contribution in [2.75, 3.05) is 6.79 Å². The van der Waals surface area contributed by atoms with Crippen LogP contribution in [0.15, 0.2) is 18.2 Å². The molecule has 0 aromatic heterocycles. The van der Waals surface area contributed by atoms with Crippen LogP contribution in [0.25, 0.3) is 0 Å². The van der Waals surface area contributed by atoms with E-state index < -0.39 is 5.34 Å². The molecule has 1 aliphatic heterocycles. The highest BCUT2D eigenvalue weighted by atomic mass is 16.7. The maximum Gasteiger partial charge on any atom is 0.231 e. The van der Waals surface area contributed by atoms with Gasteiger partial charge >= 0.3 is 0 Å². The zero-order valence-corrected chi connectivity index (χ0v) is 7.69. The summed E-state index contributed by atoms with van der Waals surface area (Å²) in [5.74, 6) is 1.46. The molecule has 4 radical (unpaired) electrons. The maximum absolute atomic E-state index is 5.50. The highest BCUT2D eigenvalue weighted by Crippen LogP contribution is 2.32. The molecule has 0 aliphatic carbocycles. The third-order valence-corrected chi connectivity index (χ3v) is 1.95. The molecule has 0 spiro atoms. The van der Waals surface area contributed by atoms with Crippen molar-refractivity contribution in [3.63, 3.8) is 0 Å². The fourth-order valence-corrected chi connectivity index (χ4v) is 1.40. The average molecular weight is 185 g/mol. The van der Waals surface area contributed by atoms with E-state index in [2.05, 4.69) is 0 Å². The van der Waals surface area contributed by atoms with Crippen LogP contribution in [0.5, 0.6) is 11.5 Å². The molecule has 1 aromatic carbocycles. The number of hydrogen-bond acceptors (Lipinski definition) is 3. The summed E-state index contributed by atoms with van der Waals surface area (Å²) in [5.41, 5.74) is 6.43. The molecule has 1 aliphatic rings. The number of rotatable bonds is 2. The highest BCUT2D eigenvalue weighted by molar-refractivity contribution is 6.39. The Balaban J connectivity index is 2.21. The lowest BCUT2D eigenvalue weighted by Gasteiger charge is -2.19. The zero-order valence-electron chi connectivity index (χ0n) is 7.69. The van der Waals surface area contributed by atoms with Crippen LogP contribution in [-0.2, 0) is 6.42 Å². The number of benzene rings is 1. The summed E-state index contributed by atoms with van der Waals surface area (Å²) < 4.78 is 10.4. The van der Waals surface area contributed by atoms with Gasteiger partial charge in [0.05, 0.1) is 15.7 Å². The predicted molar refractivity (Wildman–Crippen MR) is 54.7 cm³/mol. The van der Waals surface area contributed by atoms with E-state index in [0.717, 1.165) is 11.3 Å². The van der Waals surface area contributed by atoms with Gasteiger partial charge in [0.25, 0.3) is 0 Å². The minimum Gasteiger partial charge on any atom is -0.454 e. The average Bonchev–Trinajstić information content (AvgIpc) is 2.47. The molecule has 0 bridgehead atoms. The molecule has 0 amide bonds. The second-order valence-electron chi connectivity index (χ2n) is 3.48. The standard InChI is InChI=1S/C9H9B2NO2/c10-9(11,12)4-6-1-2-7-8(3-6)14-5-13-7/h1-3H,4-5,12H2. The van der Waals surface area contributed by atoms with Gasteiger partial charge in [0, 0.05) is 0 Å². The van der Waals surface area contributed by atoms with E-state index in [1.54, 1.807) is 0 Å². The van der Waals surface area contributed by atoms with Crippen LogP contribution in [0.2, 0.25) is 0 Å². The molecule has 0 atom stereocenters. The quantitative estimate of drug-likeness (QED) is 0.654. The van der Waals surface area contributed by atoms with Crippen LogP contribution in [0, 0.1) is 0 Å². The fraction of sp³-hybridized carbons (Fsp3) is 0.333. The maximum atomic E-state index is 5.50. The Bertz CT molecular complexity index is 349. The second kappa shape index (κ2) is 3.24. The Morgan fingerprint density at radius 2 is 2.00 bits per heavy atom. The van der Waals surface area contributed by atoms with E-state index in [1.165, 1.54) is 0 Å². The van der Waals surface area contributed by atoms with Crippen LogP contribution >= 0.6 is 0 Å². The molecular weight excluding hydrogens is 176 g/mol. The summed E-state index contributed by atoms with van der Waals surface area (Å²) in [4.78, 5) is 0. The van der Waals surface area contributed by atoms with Crippen molar-refractivity contribution in [2.45, 2.75) is 11.8 Å². The van der Waals surface area contributed by atoms with Gasteiger partial charge in [-0.2, -0.15) is 0 Å². The van der Waals surface area contributed by atoms with Gasteiger partial charge in [0.2, 0.25) is 6.79 Å². The lowest BCUT2D eigenvalue weighted by molar-refractivity contribution is 0.174. The number of ether oxygens (including phenoxy) is 2. The van der Waals surface area contributed by atoms with E-state index >= 15 is 0 Å². The SMILES string of the molecule is [B]C([B])(N)Cc1ccc2c(c1)OCO2. The number of hydrogen-bond donors (Lipinski definition) is 1. The largest absolute Gasteiger partial charge is 0.454 e. The van der Waals surface area contributed by atoms with Crippen molar-refractivity contribution in [2.24, 2.45) is 5.73 Å². The fourth-order valence-electron chi connectivity index (χ4n) is 1.40. The molecule has 0 saturated carbocycles. The van der Waals surface area contributed by atoms with Crippen LogP contribution in [-0.4, -0.2) is 27.8 Å². The molecule has 1 aromatic rings. The van der Waals surface area contributed by atoms with Crippen molar-refractivity contribution in [3.05, 3.63) is 23.8 Å². The summed E-state index contributed by atoms with van der Waals surface area (Å²) in [7, 11) is 11.0. The van der Waals surface area contributed by atoms with Crippen molar-refractivity contribution >= 4 is 15.7 Å². The monoisotopic (exact) mass is 185 g/mol. The van der Waals surface area contributed by atoms with Gasteiger partial charge in [-0.15, -0.1) is 0 Å². The van der Waals surface area contributed by atoms with Gasteiger partial charge in [-0.1, -0.05) is 11.4 Å². The van der Waals surface area contributed by atoms with Crippen molar-refractivity contribution < 1.29 is 9.47 Å². The Labute approximate surface area is 85.4 Å². The second-order valence-corrected chi connectivity index (χ2v) is 3.48. The van der Waals surface area contributed by atoms with Crippen LogP contribution < -0.4 is 15.2 Å². The number of fused-ring (bicyclic) bond motifs is 1. The Hall–Kier alpha value is -1.09. The van der Waals surface area contributed by atoms with E-state index in [9.17, 15) is 0 Å². The molecule has 0 fully saturated rings. The van der Waals surface area contributed by atoms with E-state index in [-0.39, 0.29) is 6.79 Å². The van der Waals surface area contributed by atoms with Gasteiger partial charge in [-0.05, 0) is 24.1 Å². The highest BCUT2D eigenvalue weighted by Gasteiger charge is 2.16. The van der Waals surface area contributed by atoms with E-state index in [0.29, 0.717) is 12.2 Å². The smallest absolute Gasteiger partial charge is 0.231 e. The summed E-state index contributed by atoms with van der Waals surface area (Å²) in [6.45, 7) is 0.262. The minimum atomic E-state index is -1.19. The van der Waals surface area contributed by atoms with E-state index in [1.807, 2.05) is 18.2 Å². The van der Waals surface area contributed by atoms with Crippen LogP contribution in [0.1, 0.15) is 5.56 Å². The molecule has 0 unspecified atom stereocenters. The molecule has 1 heterocycles.